The van der Waals surface area contributed by atoms with E-state index in [9.17, 15) is 5.11 Å². The van der Waals surface area contributed by atoms with Crippen LogP contribution >= 0.6 is 0 Å². The molecule has 1 aliphatic rings. The molecular weight excluding hydrogens is 222 g/mol. The van der Waals surface area contributed by atoms with Gasteiger partial charge in [-0.1, -0.05) is 30.3 Å². The highest BCUT2D eigenvalue weighted by Crippen LogP contribution is 2.27. The van der Waals surface area contributed by atoms with Crippen LogP contribution in [0.1, 0.15) is 37.7 Å². The molecule has 1 aromatic carbocycles. The molecule has 0 radical (unpaired) electrons. The van der Waals surface area contributed by atoms with Crippen molar-refractivity contribution in [2.45, 2.75) is 44.1 Å². The molecule has 0 aliphatic carbocycles. The van der Waals surface area contributed by atoms with E-state index in [-0.39, 0.29) is 0 Å². The van der Waals surface area contributed by atoms with E-state index >= 15 is 0 Å². The Labute approximate surface area is 111 Å². The second-order valence-corrected chi connectivity index (χ2v) is 5.72. The van der Waals surface area contributed by atoms with Crippen molar-refractivity contribution in [1.82, 2.24) is 4.90 Å². The maximum absolute atomic E-state index is 10.6. The van der Waals surface area contributed by atoms with Gasteiger partial charge in [0.2, 0.25) is 0 Å². The first-order valence-electron chi connectivity index (χ1n) is 7.13. The van der Waals surface area contributed by atoms with Crippen LogP contribution in [0.3, 0.4) is 0 Å². The number of nitrogens with zero attached hydrogens (tertiary/aromatic N) is 1. The Morgan fingerprint density at radius 3 is 2.72 bits per heavy atom. The lowest BCUT2D eigenvalue weighted by Crippen LogP contribution is -2.30. The molecule has 2 nitrogen and oxygen atoms in total. The monoisotopic (exact) mass is 247 g/mol. The Bertz CT molecular complexity index is 351. The molecule has 0 amide bonds. The van der Waals surface area contributed by atoms with Crippen LogP contribution in [0, 0.1) is 0 Å². The molecule has 2 heteroatoms. The molecular formula is C16H25NO. The van der Waals surface area contributed by atoms with Crippen LogP contribution < -0.4 is 0 Å². The van der Waals surface area contributed by atoms with E-state index in [0.29, 0.717) is 0 Å². The zero-order chi connectivity index (χ0) is 12.8. The zero-order valence-electron chi connectivity index (χ0n) is 11.4. The maximum atomic E-state index is 10.6. The fraction of sp³-hybridized carbons (Fsp3) is 0.625. The largest absolute Gasteiger partial charge is 0.390 e. The average molecular weight is 247 g/mol. The molecule has 2 rings (SSSR count). The van der Waals surface area contributed by atoms with Crippen molar-refractivity contribution in [2.75, 3.05) is 20.1 Å². The maximum Gasteiger partial charge on any atom is 0.0660 e. The summed E-state index contributed by atoms with van der Waals surface area (Å²) in [6.45, 7) is 2.16. The minimum atomic E-state index is -0.417. The second kappa shape index (κ2) is 6.35. The highest BCUT2D eigenvalue weighted by Gasteiger charge is 2.28. The summed E-state index contributed by atoms with van der Waals surface area (Å²) in [6.07, 6.45) is 6.13. The second-order valence-electron chi connectivity index (χ2n) is 5.72. The van der Waals surface area contributed by atoms with E-state index in [2.05, 4.69) is 42.3 Å². The SMILES string of the molecule is CN1CCCC(O)(CCCc2ccccc2)CC1. The molecule has 0 aromatic heterocycles. The number of hydrogen-bond donors (Lipinski definition) is 1. The minimum absolute atomic E-state index is 0.417. The van der Waals surface area contributed by atoms with Crippen molar-refractivity contribution in [1.29, 1.82) is 0 Å². The molecule has 1 aliphatic heterocycles. The van der Waals surface area contributed by atoms with Crippen LogP contribution in [0.25, 0.3) is 0 Å². The summed E-state index contributed by atoms with van der Waals surface area (Å²) in [4.78, 5) is 2.33. The van der Waals surface area contributed by atoms with Crippen LogP contribution in [0.2, 0.25) is 0 Å². The van der Waals surface area contributed by atoms with Gasteiger partial charge in [0.1, 0.15) is 0 Å². The van der Waals surface area contributed by atoms with E-state index in [1.54, 1.807) is 0 Å². The van der Waals surface area contributed by atoms with E-state index in [4.69, 9.17) is 0 Å². The number of aliphatic hydroxyl groups is 1. The predicted molar refractivity (Wildman–Crippen MR) is 75.7 cm³/mol. The molecule has 1 unspecified atom stereocenters. The number of benzene rings is 1. The molecule has 1 aromatic rings. The van der Waals surface area contributed by atoms with Gasteiger partial charge in [-0.05, 0) is 57.7 Å². The number of rotatable bonds is 4. The summed E-state index contributed by atoms with van der Waals surface area (Å²) < 4.78 is 0. The Morgan fingerprint density at radius 1 is 1.17 bits per heavy atom. The first-order valence-corrected chi connectivity index (χ1v) is 7.13. The molecule has 0 bridgehead atoms. The van der Waals surface area contributed by atoms with E-state index in [0.717, 1.165) is 51.6 Å². The molecule has 1 atom stereocenters. The van der Waals surface area contributed by atoms with Gasteiger partial charge in [-0.2, -0.15) is 0 Å². The van der Waals surface area contributed by atoms with Crippen molar-refractivity contribution in [3.8, 4) is 0 Å². The fourth-order valence-electron chi connectivity index (χ4n) is 2.83. The van der Waals surface area contributed by atoms with Crippen LogP contribution in [0.4, 0.5) is 0 Å². The average Bonchev–Trinajstić information content (AvgIpc) is 2.54. The van der Waals surface area contributed by atoms with Gasteiger partial charge in [0, 0.05) is 6.54 Å². The molecule has 0 saturated carbocycles. The van der Waals surface area contributed by atoms with Gasteiger partial charge in [0.25, 0.3) is 0 Å². The summed E-state index contributed by atoms with van der Waals surface area (Å²) in [6, 6.07) is 10.6. The lowest BCUT2D eigenvalue weighted by atomic mass is 9.88. The lowest BCUT2D eigenvalue weighted by molar-refractivity contribution is 0.0158. The number of aryl methyl sites for hydroxylation is 1. The number of likely N-dealkylation sites (tertiary alicyclic amines) is 1. The third-order valence-electron chi connectivity index (χ3n) is 4.09. The van der Waals surface area contributed by atoms with Crippen molar-refractivity contribution < 1.29 is 5.11 Å². The molecule has 1 heterocycles. The molecule has 1 N–H and O–H groups in total. The highest BCUT2D eigenvalue weighted by atomic mass is 16.3. The summed E-state index contributed by atoms with van der Waals surface area (Å²) in [7, 11) is 2.15. The normalized spacial score (nSPS) is 25.9. The van der Waals surface area contributed by atoms with Crippen LogP contribution in [-0.4, -0.2) is 35.7 Å². The Hall–Kier alpha value is -0.860. The van der Waals surface area contributed by atoms with Gasteiger partial charge in [0.05, 0.1) is 5.60 Å². The Kier molecular flexibility index (Phi) is 4.79. The lowest BCUT2D eigenvalue weighted by Gasteiger charge is -2.26. The summed E-state index contributed by atoms with van der Waals surface area (Å²) in [5.41, 5.74) is 0.964. The topological polar surface area (TPSA) is 23.5 Å². The van der Waals surface area contributed by atoms with Crippen molar-refractivity contribution in [2.24, 2.45) is 0 Å². The Morgan fingerprint density at radius 2 is 1.94 bits per heavy atom. The smallest absolute Gasteiger partial charge is 0.0660 e. The Balaban J connectivity index is 1.78. The zero-order valence-corrected chi connectivity index (χ0v) is 11.4. The quantitative estimate of drug-likeness (QED) is 0.884. The first-order chi connectivity index (χ1) is 8.68. The summed E-state index contributed by atoms with van der Waals surface area (Å²) >= 11 is 0. The van der Waals surface area contributed by atoms with Crippen LogP contribution in [-0.2, 0) is 6.42 Å². The first kappa shape index (κ1) is 13.6. The minimum Gasteiger partial charge on any atom is -0.390 e. The van der Waals surface area contributed by atoms with Crippen LogP contribution in [0.15, 0.2) is 30.3 Å². The van der Waals surface area contributed by atoms with Crippen molar-refractivity contribution >= 4 is 0 Å². The highest BCUT2D eigenvalue weighted by molar-refractivity contribution is 5.14. The third kappa shape index (κ3) is 4.11. The van der Waals surface area contributed by atoms with E-state index < -0.39 is 5.60 Å². The summed E-state index contributed by atoms with van der Waals surface area (Å²) in [5.74, 6) is 0. The van der Waals surface area contributed by atoms with E-state index in [1.165, 1.54) is 5.56 Å². The molecule has 100 valence electrons. The van der Waals surface area contributed by atoms with Crippen LogP contribution in [0.5, 0.6) is 0 Å². The fourth-order valence-corrected chi connectivity index (χ4v) is 2.83. The third-order valence-corrected chi connectivity index (χ3v) is 4.09. The van der Waals surface area contributed by atoms with Crippen molar-refractivity contribution in [3.63, 3.8) is 0 Å². The molecule has 18 heavy (non-hydrogen) atoms. The molecule has 1 fully saturated rings. The molecule has 0 spiro atoms. The summed E-state index contributed by atoms with van der Waals surface area (Å²) in [5, 5.41) is 10.6. The van der Waals surface area contributed by atoms with Gasteiger partial charge >= 0.3 is 0 Å². The van der Waals surface area contributed by atoms with Gasteiger partial charge in [-0.3, -0.25) is 0 Å². The predicted octanol–water partition coefficient (Wildman–Crippen LogP) is 2.86. The standard InChI is InChI=1S/C16H25NO/c1-17-13-6-11-16(18,12-14-17)10-5-9-15-7-3-2-4-8-15/h2-4,7-8,18H,5-6,9-14H2,1H3. The van der Waals surface area contributed by atoms with Gasteiger partial charge in [-0.15, -0.1) is 0 Å². The van der Waals surface area contributed by atoms with Crippen molar-refractivity contribution in [3.05, 3.63) is 35.9 Å². The van der Waals surface area contributed by atoms with Gasteiger partial charge < -0.3 is 10.0 Å². The molecule has 1 saturated heterocycles. The van der Waals surface area contributed by atoms with E-state index in [1.807, 2.05) is 0 Å². The van der Waals surface area contributed by atoms with Gasteiger partial charge in [-0.25, -0.2) is 0 Å². The van der Waals surface area contributed by atoms with Gasteiger partial charge in [0.15, 0.2) is 0 Å². The number of hydrogen-bond acceptors (Lipinski definition) is 2.